The van der Waals surface area contributed by atoms with Crippen LogP contribution < -0.4 is 14.4 Å². The van der Waals surface area contributed by atoms with Crippen LogP contribution in [0.4, 0.5) is 5.69 Å². The molecule has 198 valence electrons. The Balaban J connectivity index is 2.51. The van der Waals surface area contributed by atoms with Gasteiger partial charge in [-0.15, -0.1) is 0 Å². The first-order valence-corrected chi connectivity index (χ1v) is 13.8. The molecule has 0 aliphatic rings. The number of nitrogens with zero attached hydrogens (tertiary/aromatic N) is 2. The van der Waals surface area contributed by atoms with Crippen molar-refractivity contribution in [1.82, 2.24) is 10.2 Å². The number of hydrogen-bond acceptors (Lipinski definition) is 5. The van der Waals surface area contributed by atoms with Gasteiger partial charge in [0.15, 0.2) is 0 Å². The zero-order chi connectivity index (χ0) is 27.3. The van der Waals surface area contributed by atoms with Gasteiger partial charge in [-0.1, -0.05) is 37.3 Å². The molecule has 2 amide bonds. The van der Waals surface area contributed by atoms with E-state index in [1.807, 2.05) is 71.9 Å². The van der Waals surface area contributed by atoms with Crippen LogP contribution in [0.3, 0.4) is 0 Å². The molecular weight excluding hydrogens is 478 g/mol. The summed E-state index contributed by atoms with van der Waals surface area (Å²) < 4.78 is 32.1. The van der Waals surface area contributed by atoms with E-state index in [9.17, 15) is 18.0 Å². The van der Waals surface area contributed by atoms with Gasteiger partial charge in [0.25, 0.3) is 0 Å². The van der Waals surface area contributed by atoms with Crippen molar-refractivity contribution in [3.8, 4) is 5.75 Å². The van der Waals surface area contributed by atoms with Crippen LogP contribution in [0.15, 0.2) is 42.5 Å². The van der Waals surface area contributed by atoms with E-state index in [0.717, 1.165) is 27.3 Å². The van der Waals surface area contributed by atoms with Crippen molar-refractivity contribution in [3.63, 3.8) is 0 Å². The van der Waals surface area contributed by atoms with Crippen molar-refractivity contribution in [3.05, 3.63) is 59.2 Å². The maximum atomic E-state index is 13.8. The molecule has 9 heteroatoms. The fourth-order valence-corrected chi connectivity index (χ4v) is 5.04. The van der Waals surface area contributed by atoms with E-state index in [2.05, 4.69) is 5.32 Å². The molecule has 0 heterocycles. The van der Waals surface area contributed by atoms with Crippen molar-refractivity contribution >= 4 is 27.5 Å². The number of benzene rings is 2. The number of hydrogen-bond donors (Lipinski definition) is 1. The lowest BCUT2D eigenvalue weighted by Gasteiger charge is -2.35. The molecule has 0 radical (unpaired) electrons. The molecule has 0 aliphatic carbocycles. The minimum Gasteiger partial charge on any atom is -0.497 e. The Kier molecular flexibility index (Phi) is 9.54. The highest BCUT2D eigenvalue weighted by Gasteiger charge is 2.33. The van der Waals surface area contributed by atoms with Gasteiger partial charge in [0.1, 0.15) is 18.3 Å². The van der Waals surface area contributed by atoms with E-state index in [1.54, 1.807) is 19.2 Å². The number of carbonyl (C=O) groups excluding carboxylic acids is 2. The van der Waals surface area contributed by atoms with Gasteiger partial charge in [0.05, 0.1) is 19.1 Å². The summed E-state index contributed by atoms with van der Waals surface area (Å²) in [5.74, 6) is -0.0768. The van der Waals surface area contributed by atoms with Gasteiger partial charge >= 0.3 is 0 Å². The van der Waals surface area contributed by atoms with Crippen molar-refractivity contribution in [2.24, 2.45) is 0 Å². The molecule has 0 saturated carbocycles. The normalized spacial score (nSPS) is 12.6. The van der Waals surface area contributed by atoms with Crippen LogP contribution in [-0.2, 0) is 26.2 Å². The van der Waals surface area contributed by atoms with Crippen molar-refractivity contribution in [2.45, 2.75) is 66.1 Å². The average Bonchev–Trinajstić information content (AvgIpc) is 2.76. The molecule has 2 aromatic carbocycles. The smallest absolute Gasteiger partial charge is 0.244 e. The third-order valence-electron chi connectivity index (χ3n) is 5.76. The van der Waals surface area contributed by atoms with Crippen molar-refractivity contribution < 1.29 is 22.7 Å². The summed E-state index contributed by atoms with van der Waals surface area (Å²) >= 11 is 0. The van der Waals surface area contributed by atoms with Gasteiger partial charge in [-0.05, 0) is 69.9 Å². The van der Waals surface area contributed by atoms with Crippen molar-refractivity contribution in [1.29, 1.82) is 0 Å². The Morgan fingerprint density at radius 3 is 2.03 bits per heavy atom. The van der Waals surface area contributed by atoms with Crippen LogP contribution in [-0.4, -0.2) is 56.6 Å². The number of carbonyl (C=O) groups is 2. The number of sulfonamides is 1. The fraction of sp³-hybridized carbons (Fsp3) is 0.481. The minimum absolute atomic E-state index is 0.142. The molecule has 0 spiro atoms. The van der Waals surface area contributed by atoms with E-state index in [-0.39, 0.29) is 12.5 Å². The molecule has 2 aromatic rings. The third kappa shape index (κ3) is 7.71. The molecule has 0 aromatic heterocycles. The molecule has 36 heavy (non-hydrogen) atoms. The van der Waals surface area contributed by atoms with Crippen LogP contribution in [0.1, 0.15) is 50.8 Å². The van der Waals surface area contributed by atoms with Crippen LogP contribution in [0.25, 0.3) is 0 Å². The second kappa shape index (κ2) is 11.8. The summed E-state index contributed by atoms with van der Waals surface area (Å²) in [4.78, 5) is 28.5. The Bertz CT molecular complexity index is 1150. The zero-order valence-corrected chi connectivity index (χ0v) is 23.4. The SMILES string of the molecule is CC[C@@H](C(=O)NC(C)(C)C)N(Cc1ccc(OC)cc1)C(=O)CN(c1c(C)cccc1C)S(C)(=O)=O. The Morgan fingerprint density at radius 2 is 1.58 bits per heavy atom. The fourth-order valence-electron chi connectivity index (χ4n) is 4.07. The Morgan fingerprint density at radius 1 is 1.03 bits per heavy atom. The first kappa shape index (κ1) is 29.2. The Labute approximate surface area is 215 Å². The summed E-state index contributed by atoms with van der Waals surface area (Å²) in [5, 5.41) is 2.96. The van der Waals surface area contributed by atoms with Gasteiger partial charge in [-0.25, -0.2) is 8.42 Å². The Hall–Kier alpha value is -3.07. The lowest BCUT2D eigenvalue weighted by Crippen LogP contribution is -2.55. The molecule has 8 nitrogen and oxygen atoms in total. The molecule has 0 saturated heterocycles. The van der Waals surface area contributed by atoms with E-state index in [0.29, 0.717) is 17.9 Å². The lowest BCUT2D eigenvalue weighted by atomic mass is 10.1. The van der Waals surface area contributed by atoms with Gasteiger partial charge in [-0.3, -0.25) is 13.9 Å². The van der Waals surface area contributed by atoms with E-state index in [1.165, 1.54) is 4.90 Å². The summed E-state index contributed by atoms with van der Waals surface area (Å²) in [6.07, 6.45) is 1.45. The quantitative estimate of drug-likeness (QED) is 0.517. The number of anilines is 1. The summed E-state index contributed by atoms with van der Waals surface area (Å²) in [6, 6.07) is 11.9. The number of nitrogens with one attached hydrogen (secondary N) is 1. The van der Waals surface area contributed by atoms with Gasteiger partial charge in [0, 0.05) is 12.1 Å². The topological polar surface area (TPSA) is 96.0 Å². The molecular formula is C27H39N3O5S. The molecule has 1 N–H and O–H groups in total. The van der Waals surface area contributed by atoms with Crippen LogP contribution >= 0.6 is 0 Å². The lowest BCUT2D eigenvalue weighted by molar-refractivity contribution is -0.141. The molecule has 0 fully saturated rings. The summed E-state index contributed by atoms with van der Waals surface area (Å²) in [6.45, 7) is 10.8. The molecule has 2 rings (SSSR count). The second-order valence-corrected chi connectivity index (χ2v) is 11.9. The predicted octanol–water partition coefficient (Wildman–Crippen LogP) is 3.80. The number of rotatable bonds is 10. The summed E-state index contributed by atoms with van der Waals surface area (Å²) in [7, 11) is -2.21. The number of amides is 2. The predicted molar refractivity (Wildman–Crippen MR) is 144 cm³/mol. The maximum Gasteiger partial charge on any atom is 0.244 e. The number of methoxy groups -OCH3 is 1. The summed E-state index contributed by atoms with van der Waals surface area (Å²) in [5.41, 5.74) is 2.27. The van der Waals surface area contributed by atoms with Gasteiger partial charge < -0.3 is 15.0 Å². The monoisotopic (exact) mass is 517 g/mol. The van der Waals surface area contributed by atoms with E-state index in [4.69, 9.17) is 4.74 Å². The highest BCUT2D eigenvalue weighted by atomic mass is 32.2. The van der Waals surface area contributed by atoms with E-state index < -0.39 is 34.1 Å². The average molecular weight is 518 g/mol. The largest absolute Gasteiger partial charge is 0.497 e. The minimum atomic E-state index is -3.79. The van der Waals surface area contributed by atoms with Crippen LogP contribution in [0.2, 0.25) is 0 Å². The van der Waals surface area contributed by atoms with Crippen molar-refractivity contribution in [2.75, 3.05) is 24.2 Å². The van der Waals surface area contributed by atoms with Gasteiger partial charge in [0.2, 0.25) is 21.8 Å². The molecule has 0 unspecified atom stereocenters. The highest BCUT2D eigenvalue weighted by molar-refractivity contribution is 7.92. The first-order valence-electron chi connectivity index (χ1n) is 12.0. The van der Waals surface area contributed by atoms with E-state index >= 15 is 0 Å². The number of para-hydroxylation sites is 1. The molecule has 0 aliphatic heterocycles. The highest BCUT2D eigenvalue weighted by Crippen LogP contribution is 2.27. The number of ether oxygens (including phenoxy) is 1. The van der Waals surface area contributed by atoms with Crippen LogP contribution in [0.5, 0.6) is 5.75 Å². The standard InChI is InChI=1S/C27H39N3O5S/c1-9-23(26(32)28-27(4,5)6)29(17-21-13-15-22(35-7)16-14-21)24(31)18-30(36(8,33)34)25-19(2)11-10-12-20(25)3/h10-16,23H,9,17-18H2,1-8H3,(H,28,32)/t23-/m0/s1. The zero-order valence-electron chi connectivity index (χ0n) is 22.6. The third-order valence-corrected chi connectivity index (χ3v) is 6.88. The maximum absolute atomic E-state index is 13.8. The first-order chi connectivity index (χ1) is 16.7. The molecule has 0 bridgehead atoms. The second-order valence-electron chi connectivity index (χ2n) is 10.0. The van der Waals surface area contributed by atoms with Crippen LogP contribution in [0, 0.1) is 13.8 Å². The van der Waals surface area contributed by atoms with Gasteiger partial charge in [-0.2, -0.15) is 0 Å². The number of aryl methyl sites for hydroxylation is 2. The molecule has 1 atom stereocenters.